The van der Waals surface area contributed by atoms with Crippen molar-refractivity contribution in [1.29, 1.82) is 0 Å². The van der Waals surface area contributed by atoms with Gasteiger partial charge in [0.2, 0.25) is 11.8 Å². The SMILES string of the molecule is COc1ncnc(Oc2ccc3c(c2)CCN(C(=O)OC(C)(C)C)C3)c1N. The van der Waals surface area contributed by atoms with Gasteiger partial charge in [0, 0.05) is 13.1 Å². The average molecular weight is 372 g/mol. The first-order valence-electron chi connectivity index (χ1n) is 8.69. The van der Waals surface area contributed by atoms with Crippen LogP contribution in [0, 0.1) is 0 Å². The minimum atomic E-state index is -0.506. The molecule has 1 amide bonds. The Bertz CT molecular complexity index is 848. The fourth-order valence-electron chi connectivity index (χ4n) is 2.80. The van der Waals surface area contributed by atoms with Gasteiger partial charge in [-0.05, 0) is 50.5 Å². The molecule has 0 bridgehead atoms. The van der Waals surface area contributed by atoms with Crippen LogP contribution in [0.4, 0.5) is 10.5 Å². The van der Waals surface area contributed by atoms with Crippen molar-refractivity contribution in [3.05, 3.63) is 35.7 Å². The molecule has 0 spiro atoms. The summed E-state index contributed by atoms with van der Waals surface area (Å²) in [4.78, 5) is 22.0. The highest BCUT2D eigenvalue weighted by molar-refractivity contribution is 5.68. The van der Waals surface area contributed by atoms with Crippen LogP contribution in [0.5, 0.6) is 17.5 Å². The number of nitrogens with two attached hydrogens (primary N) is 1. The highest BCUT2D eigenvalue weighted by atomic mass is 16.6. The molecule has 0 saturated heterocycles. The Balaban J connectivity index is 1.73. The molecule has 0 radical (unpaired) electrons. The summed E-state index contributed by atoms with van der Waals surface area (Å²) in [6.07, 6.45) is 1.75. The van der Waals surface area contributed by atoms with Crippen LogP contribution < -0.4 is 15.2 Å². The lowest BCUT2D eigenvalue weighted by molar-refractivity contribution is 0.0224. The Morgan fingerprint density at radius 1 is 1.19 bits per heavy atom. The molecule has 1 aromatic heterocycles. The smallest absolute Gasteiger partial charge is 0.410 e. The minimum Gasteiger partial charge on any atom is -0.479 e. The lowest BCUT2D eigenvalue weighted by atomic mass is 10.00. The summed E-state index contributed by atoms with van der Waals surface area (Å²) in [5.74, 6) is 1.13. The number of amides is 1. The van der Waals surface area contributed by atoms with Crippen molar-refractivity contribution in [1.82, 2.24) is 14.9 Å². The third-order valence-electron chi connectivity index (χ3n) is 4.06. The van der Waals surface area contributed by atoms with Crippen LogP contribution >= 0.6 is 0 Å². The molecule has 1 aromatic carbocycles. The molecule has 0 atom stereocenters. The number of methoxy groups -OCH3 is 1. The molecule has 2 aromatic rings. The van der Waals surface area contributed by atoms with Gasteiger partial charge in [0.1, 0.15) is 17.7 Å². The number of fused-ring (bicyclic) bond motifs is 1. The van der Waals surface area contributed by atoms with Gasteiger partial charge in [-0.15, -0.1) is 0 Å². The van der Waals surface area contributed by atoms with Gasteiger partial charge < -0.3 is 24.8 Å². The van der Waals surface area contributed by atoms with Crippen LogP contribution in [-0.2, 0) is 17.7 Å². The summed E-state index contributed by atoms with van der Waals surface area (Å²) in [6, 6.07) is 5.71. The second-order valence-corrected chi connectivity index (χ2v) is 7.29. The van der Waals surface area contributed by atoms with Crippen molar-refractivity contribution < 1.29 is 19.0 Å². The summed E-state index contributed by atoms with van der Waals surface area (Å²) in [5.41, 5.74) is 7.87. The molecule has 1 aliphatic rings. The molecule has 8 nitrogen and oxygen atoms in total. The van der Waals surface area contributed by atoms with Crippen molar-refractivity contribution in [3.63, 3.8) is 0 Å². The normalized spacial score (nSPS) is 13.7. The quantitative estimate of drug-likeness (QED) is 0.883. The number of nitrogen functional groups attached to an aromatic ring is 1. The second kappa shape index (κ2) is 7.30. The van der Waals surface area contributed by atoms with Crippen LogP contribution in [0.3, 0.4) is 0 Å². The monoisotopic (exact) mass is 372 g/mol. The summed E-state index contributed by atoms with van der Waals surface area (Å²) >= 11 is 0. The van der Waals surface area contributed by atoms with Crippen LogP contribution in [0.15, 0.2) is 24.5 Å². The van der Waals surface area contributed by atoms with Gasteiger partial charge in [-0.3, -0.25) is 0 Å². The van der Waals surface area contributed by atoms with Crippen molar-refractivity contribution >= 4 is 11.8 Å². The van der Waals surface area contributed by atoms with E-state index in [4.69, 9.17) is 19.9 Å². The number of rotatable bonds is 3. The Labute approximate surface area is 158 Å². The van der Waals surface area contributed by atoms with E-state index in [9.17, 15) is 4.79 Å². The molecule has 3 rings (SSSR count). The van der Waals surface area contributed by atoms with Crippen LogP contribution in [0.25, 0.3) is 0 Å². The standard InChI is InChI=1S/C19H24N4O4/c1-19(2,3)27-18(24)23-8-7-12-9-14(6-5-13(12)10-23)26-17-15(20)16(25-4)21-11-22-17/h5-6,9,11H,7-8,10,20H2,1-4H3. The zero-order valence-electron chi connectivity index (χ0n) is 16.0. The van der Waals surface area contributed by atoms with Gasteiger partial charge in [-0.25, -0.2) is 4.79 Å². The number of carbonyl (C=O) groups is 1. The molecule has 144 valence electrons. The molecule has 1 aliphatic heterocycles. The fraction of sp³-hybridized carbons (Fsp3) is 0.421. The predicted molar refractivity (Wildman–Crippen MR) is 99.9 cm³/mol. The fourth-order valence-corrected chi connectivity index (χ4v) is 2.80. The maximum atomic E-state index is 12.3. The van der Waals surface area contributed by atoms with E-state index in [0.29, 0.717) is 25.3 Å². The van der Waals surface area contributed by atoms with Crippen molar-refractivity contribution in [2.75, 3.05) is 19.4 Å². The Morgan fingerprint density at radius 2 is 1.93 bits per heavy atom. The van der Waals surface area contributed by atoms with E-state index >= 15 is 0 Å². The van der Waals surface area contributed by atoms with E-state index in [0.717, 1.165) is 11.1 Å². The second-order valence-electron chi connectivity index (χ2n) is 7.29. The van der Waals surface area contributed by atoms with E-state index in [1.165, 1.54) is 13.4 Å². The molecular weight excluding hydrogens is 348 g/mol. The van der Waals surface area contributed by atoms with E-state index in [2.05, 4.69) is 9.97 Å². The Kier molecular flexibility index (Phi) is 5.07. The van der Waals surface area contributed by atoms with Crippen LogP contribution in [0.1, 0.15) is 31.9 Å². The zero-order chi connectivity index (χ0) is 19.6. The summed E-state index contributed by atoms with van der Waals surface area (Å²) in [6.45, 7) is 6.68. The number of carbonyl (C=O) groups excluding carboxylic acids is 1. The molecule has 0 saturated carbocycles. The molecule has 2 N–H and O–H groups in total. The van der Waals surface area contributed by atoms with Gasteiger partial charge in [-0.1, -0.05) is 6.07 Å². The predicted octanol–water partition coefficient (Wildman–Crippen LogP) is 3.15. The Morgan fingerprint density at radius 3 is 2.63 bits per heavy atom. The van der Waals surface area contributed by atoms with Crippen molar-refractivity contribution in [3.8, 4) is 17.5 Å². The maximum Gasteiger partial charge on any atom is 0.410 e. The van der Waals surface area contributed by atoms with E-state index < -0.39 is 5.60 Å². The zero-order valence-corrected chi connectivity index (χ0v) is 16.0. The molecule has 0 fully saturated rings. The van der Waals surface area contributed by atoms with Crippen LogP contribution in [0.2, 0.25) is 0 Å². The summed E-state index contributed by atoms with van der Waals surface area (Å²) in [5, 5.41) is 0. The van der Waals surface area contributed by atoms with Gasteiger partial charge in [0.25, 0.3) is 0 Å². The minimum absolute atomic E-state index is 0.244. The third-order valence-corrected chi connectivity index (χ3v) is 4.06. The maximum absolute atomic E-state index is 12.3. The number of benzene rings is 1. The van der Waals surface area contributed by atoms with Crippen LogP contribution in [-0.4, -0.2) is 40.2 Å². The average Bonchev–Trinajstić information content (AvgIpc) is 2.61. The van der Waals surface area contributed by atoms with E-state index in [1.54, 1.807) is 4.90 Å². The summed E-state index contributed by atoms with van der Waals surface area (Å²) in [7, 11) is 1.48. The van der Waals surface area contributed by atoms with Gasteiger partial charge >= 0.3 is 6.09 Å². The lowest BCUT2D eigenvalue weighted by Gasteiger charge is -2.31. The first kappa shape index (κ1) is 18.8. The molecule has 0 unspecified atom stereocenters. The number of aromatic nitrogens is 2. The number of hydrogen-bond acceptors (Lipinski definition) is 7. The number of ether oxygens (including phenoxy) is 3. The largest absolute Gasteiger partial charge is 0.479 e. The molecule has 8 heteroatoms. The van der Waals surface area contributed by atoms with E-state index in [1.807, 2.05) is 39.0 Å². The molecular formula is C19H24N4O4. The number of anilines is 1. The lowest BCUT2D eigenvalue weighted by Crippen LogP contribution is -2.39. The van der Waals surface area contributed by atoms with E-state index in [-0.39, 0.29) is 23.5 Å². The topological polar surface area (TPSA) is 99.8 Å². The van der Waals surface area contributed by atoms with Crippen molar-refractivity contribution in [2.24, 2.45) is 0 Å². The van der Waals surface area contributed by atoms with Gasteiger partial charge in [-0.2, -0.15) is 9.97 Å². The van der Waals surface area contributed by atoms with Gasteiger partial charge in [0.15, 0.2) is 5.69 Å². The number of hydrogen-bond donors (Lipinski definition) is 1. The highest BCUT2D eigenvalue weighted by Gasteiger charge is 2.26. The summed E-state index contributed by atoms with van der Waals surface area (Å²) < 4.78 is 16.3. The molecule has 27 heavy (non-hydrogen) atoms. The first-order valence-corrected chi connectivity index (χ1v) is 8.69. The molecule has 0 aliphatic carbocycles. The van der Waals surface area contributed by atoms with Crippen molar-refractivity contribution in [2.45, 2.75) is 39.3 Å². The first-order chi connectivity index (χ1) is 12.8. The molecule has 2 heterocycles. The number of nitrogens with zero attached hydrogens (tertiary/aromatic N) is 3. The highest BCUT2D eigenvalue weighted by Crippen LogP contribution is 2.32. The van der Waals surface area contributed by atoms with Gasteiger partial charge in [0.05, 0.1) is 7.11 Å². The Hall–Kier alpha value is -3.03. The third kappa shape index (κ3) is 4.39.